The molecule has 0 aromatic rings. The van der Waals surface area contributed by atoms with E-state index < -0.39 is 0 Å². The Bertz CT molecular complexity index is 91.3. The summed E-state index contributed by atoms with van der Waals surface area (Å²) in [5.74, 6) is 0. The average Bonchev–Trinajstić information content (AvgIpc) is 1.88. The number of rotatable bonds is 2. The van der Waals surface area contributed by atoms with Gasteiger partial charge in [-0.3, -0.25) is 0 Å². The van der Waals surface area contributed by atoms with Crippen LogP contribution >= 0.6 is 0 Å². The molecule has 0 aromatic carbocycles. The fraction of sp³-hybridized carbons (Fsp3) is 1.00. The molecule has 2 N–H and O–H groups in total. The molecule has 0 aliphatic carbocycles. The largest absolute Gasteiger partial charge is 0.318 e. The lowest BCUT2D eigenvalue weighted by molar-refractivity contribution is 0.329. The molecule has 1 heterocycles. The lowest BCUT2D eigenvalue weighted by Gasteiger charge is -2.28. The second-order valence-corrected chi connectivity index (χ2v) is 3.25. The van der Waals surface area contributed by atoms with Gasteiger partial charge in [-0.15, -0.1) is 0 Å². The maximum Gasteiger partial charge on any atom is 0.0194 e. The Kier molecular flexibility index (Phi) is 3.16. The van der Waals surface area contributed by atoms with Crippen LogP contribution in [0, 0.1) is 0 Å². The summed E-state index contributed by atoms with van der Waals surface area (Å²) in [7, 11) is 2.01. The van der Waals surface area contributed by atoms with E-state index in [0.717, 1.165) is 12.6 Å². The zero-order valence-corrected chi connectivity index (χ0v) is 6.98. The minimum absolute atomic E-state index is 0.716. The fourth-order valence-corrected chi connectivity index (χ4v) is 1.65. The van der Waals surface area contributed by atoms with E-state index in [1.807, 2.05) is 7.05 Å². The van der Waals surface area contributed by atoms with Crippen LogP contribution in [0.3, 0.4) is 0 Å². The summed E-state index contributed by atoms with van der Waals surface area (Å²) in [6, 6.07) is 1.45. The van der Waals surface area contributed by atoms with Crippen molar-refractivity contribution >= 4 is 0 Å². The maximum atomic E-state index is 3.55. The second kappa shape index (κ2) is 3.94. The van der Waals surface area contributed by atoms with E-state index in [1.54, 1.807) is 0 Å². The van der Waals surface area contributed by atoms with Gasteiger partial charge >= 0.3 is 0 Å². The van der Waals surface area contributed by atoms with Gasteiger partial charge in [-0.25, -0.2) is 0 Å². The number of hydrogen-bond acceptors (Lipinski definition) is 2. The van der Waals surface area contributed by atoms with Crippen LogP contribution in [0.4, 0.5) is 0 Å². The minimum Gasteiger partial charge on any atom is -0.318 e. The van der Waals surface area contributed by atoms with E-state index in [9.17, 15) is 0 Å². The molecule has 0 spiro atoms. The fourth-order valence-electron chi connectivity index (χ4n) is 1.65. The SMILES string of the molecule is CNCC1CCCC(C)N1. The van der Waals surface area contributed by atoms with Gasteiger partial charge in [0.25, 0.3) is 0 Å². The van der Waals surface area contributed by atoms with Gasteiger partial charge in [0, 0.05) is 18.6 Å². The molecule has 0 saturated carbocycles. The van der Waals surface area contributed by atoms with Gasteiger partial charge in [-0.2, -0.15) is 0 Å². The Hall–Kier alpha value is -0.0800. The topological polar surface area (TPSA) is 24.1 Å². The van der Waals surface area contributed by atoms with Gasteiger partial charge in [0.1, 0.15) is 0 Å². The van der Waals surface area contributed by atoms with Crippen LogP contribution in [-0.4, -0.2) is 25.7 Å². The third-order valence-electron chi connectivity index (χ3n) is 2.16. The summed E-state index contributed by atoms with van der Waals surface area (Å²) in [6.45, 7) is 3.38. The first-order chi connectivity index (χ1) is 4.83. The number of nitrogens with one attached hydrogen (secondary N) is 2. The third-order valence-corrected chi connectivity index (χ3v) is 2.16. The van der Waals surface area contributed by atoms with Crippen molar-refractivity contribution in [2.24, 2.45) is 0 Å². The molecule has 0 radical (unpaired) electrons. The van der Waals surface area contributed by atoms with Gasteiger partial charge in [0.15, 0.2) is 0 Å². The Morgan fingerprint density at radius 1 is 1.50 bits per heavy atom. The molecule has 1 fully saturated rings. The van der Waals surface area contributed by atoms with Gasteiger partial charge in [0.2, 0.25) is 0 Å². The molecule has 1 saturated heterocycles. The van der Waals surface area contributed by atoms with E-state index in [0.29, 0.717) is 6.04 Å². The monoisotopic (exact) mass is 142 g/mol. The van der Waals surface area contributed by atoms with Gasteiger partial charge in [-0.05, 0) is 26.8 Å². The highest BCUT2D eigenvalue weighted by Crippen LogP contribution is 2.10. The molecule has 1 aliphatic rings. The van der Waals surface area contributed by atoms with Crippen molar-refractivity contribution in [2.45, 2.75) is 38.3 Å². The summed E-state index contributed by atoms with van der Waals surface area (Å²) in [4.78, 5) is 0. The molecule has 2 nitrogen and oxygen atoms in total. The second-order valence-electron chi connectivity index (χ2n) is 3.25. The van der Waals surface area contributed by atoms with Crippen LogP contribution in [0.5, 0.6) is 0 Å². The van der Waals surface area contributed by atoms with Crippen molar-refractivity contribution in [1.29, 1.82) is 0 Å². The van der Waals surface area contributed by atoms with Crippen LogP contribution < -0.4 is 10.6 Å². The van der Waals surface area contributed by atoms with Crippen LogP contribution in [0.25, 0.3) is 0 Å². The predicted molar refractivity (Wildman–Crippen MR) is 44.2 cm³/mol. The lowest BCUT2D eigenvalue weighted by atomic mass is 10.00. The predicted octanol–water partition coefficient (Wildman–Crippen LogP) is 0.736. The van der Waals surface area contributed by atoms with Crippen molar-refractivity contribution in [1.82, 2.24) is 10.6 Å². The Labute approximate surface area is 63.4 Å². The first-order valence-electron chi connectivity index (χ1n) is 4.23. The molecule has 10 heavy (non-hydrogen) atoms. The Balaban J connectivity index is 2.18. The van der Waals surface area contributed by atoms with Crippen LogP contribution in [0.1, 0.15) is 26.2 Å². The molecule has 1 aliphatic heterocycles. The summed E-state index contributed by atoms with van der Waals surface area (Å²) >= 11 is 0. The van der Waals surface area contributed by atoms with E-state index in [2.05, 4.69) is 17.6 Å². The summed E-state index contributed by atoms with van der Waals surface area (Å²) in [6.07, 6.45) is 4.08. The summed E-state index contributed by atoms with van der Waals surface area (Å²) in [5.41, 5.74) is 0. The molecular weight excluding hydrogens is 124 g/mol. The number of likely N-dealkylation sites (N-methyl/N-ethyl adjacent to an activating group) is 1. The maximum absolute atomic E-state index is 3.55. The van der Waals surface area contributed by atoms with Crippen molar-refractivity contribution in [2.75, 3.05) is 13.6 Å². The molecule has 2 unspecified atom stereocenters. The van der Waals surface area contributed by atoms with Gasteiger partial charge in [0.05, 0.1) is 0 Å². The lowest BCUT2D eigenvalue weighted by Crippen LogP contribution is -2.45. The van der Waals surface area contributed by atoms with E-state index in [-0.39, 0.29) is 0 Å². The molecule has 60 valence electrons. The average molecular weight is 142 g/mol. The normalized spacial score (nSPS) is 34.2. The van der Waals surface area contributed by atoms with E-state index in [4.69, 9.17) is 0 Å². The smallest absolute Gasteiger partial charge is 0.0194 e. The van der Waals surface area contributed by atoms with E-state index >= 15 is 0 Å². The highest BCUT2D eigenvalue weighted by Gasteiger charge is 2.15. The van der Waals surface area contributed by atoms with Crippen molar-refractivity contribution < 1.29 is 0 Å². The molecule has 0 bridgehead atoms. The third kappa shape index (κ3) is 2.27. The Morgan fingerprint density at radius 2 is 2.30 bits per heavy atom. The van der Waals surface area contributed by atoms with Gasteiger partial charge < -0.3 is 10.6 Å². The van der Waals surface area contributed by atoms with Crippen LogP contribution in [0.2, 0.25) is 0 Å². The first kappa shape index (κ1) is 8.02. The minimum atomic E-state index is 0.716. The number of piperidine rings is 1. The highest BCUT2D eigenvalue weighted by atomic mass is 15.0. The molecule has 2 atom stereocenters. The first-order valence-corrected chi connectivity index (χ1v) is 4.23. The molecular formula is C8H18N2. The quantitative estimate of drug-likeness (QED) is 0.594. The molecule has 0 amide bonds. The van der Waals surface area contributed by atoms with Crippen molar-refractivity contribution in [3.8, 4) is 0 Å². The highest BCUT2D eigenvalue weighted by molar-refractivity contribution is 4.78. The molecule has 1 rings (SSSR count). The van der Waals surface area contributed by atoms with Crippen LogP contribution in [-0.2, 0) is 0 Å². The zero-order valence-electron chi connectivity index (χ0n) is 6.98. The molecule has 2 heteroatoms. The Morgan fingerprint density at radius 3 is 2.90 bits per heavy atom. The summed E-state index contributed by atoms with van der Waals surface area (Å²) in [5, 5.41) is 6.75. The van der Waals surface area contributed by atoms with E-state index in [1.165, 1.54) is 19.3 Å². The van der Waals surface area contributed by atoms with Gasteiger partial charge in [-0.1, -0.05) is 6.42 Å². The van der Waals surface area contributed by atoms with Crippen molar-refractivity contribution in [3.05, 3.63) is 0 Å². The zero-order chi connectivity index (χ0) is 7.40. The van der Waals surface area contributed by atoms with Crippen molar-refractivity contribution in [3.63, 3.8) is 0 Å². The number of hydrogen-bond donors (Lipinski definition) is 2. The molecule has 0 aromatic heterocycles. The van der Waals surface area contributed by atoms with Crippen LogP contribution in [0.15, 0.2) is 0 Å². The summed E-state index contributed by atoms with van der Waals surface area (Å²) < 4.78 is 0. The standard InChI is InChI=1S/C8H18N2/c1-7-4-3-5-8(10-7)6-9-2/h7-10H,3-6H2,1-2H3.